The molecule has 2 aromatic rings. The van der Waals surface area contributed by atoms with E-state index in [-0.39, 0.29) is 10.7 Å². The van der Waals surface area contributed by atoms with Crippen molar-refractivity contribution in [1.29, 1.82) is 0 Å². The molecule has 0 radical (unpaired) electrons. The van der Waals surface area contributed by atoms with E-state index in [1.54, 1.807) is 0 Å². The van der Waals surface area contributed by atoms with Gasteiger partial charge in [-0.1, -0.05) is 0 Å². The van der Waals surface area contributed by atoms with E-state index < -0.39 is 27.5 Å². The molecule has 0 amide bonds. The summed E-state index contributed by atoms with van der Waals surface area (Å²) in [5.74, 6) is 0.323. The van der Waals surface area contributed by atoms with Gasteiger partial charge in [0.05, 0.1) is 17.4 Å². The summed E-state index contributed by atoms with van der Waals surface area (Å²) < 4.78 is 64.6. The first-order valence-corrected chi connectivity index (χ1v) is 7.09. The fourth-order valence-electron chi connectivity index (χ4n) is 1.62. The van der Waals surface area contributed by atoms with E-state index in [9.17, 15) is 21.6 Å². The number of aromatic amines is 1. The molecule has 0 aliphatic heterocycles. The van der Waals surface area contributed by atoms with Crippen molar-refractivity contribution in [3.8, 4) is 0 Å². The van der Waals surface area contributed by atoms with Crippen molar-refractivity contribution in [3.63, 3.8) is 0 Å². The molecule has 10 heteroatoms. The van der Waals surface area contributed by atoms with E-state index in [0.29, 0.717) is 11.9 Å². The Hall–Kier alpha value is -2.23. The van der Waals surface area contributed by atoms with E-state index in [1.165, 1.54) is 13.0 Å². The largest absolute Gasteiger partial charge is 0.418 e. The molecule has 4 N–H and O–H groups in total. The number of rotatable bonds is 3. The van der Waals surface area contributed by atoms with Crippen LogP contribution in [0, 0.1) is 6.92 Å². The van der Waals surface area contributed by atoms with Crippen LogP contribution >= 0.6 is 0 Å². The van der Waals surface area contributed by atoms with Crippen molar-refractivity contribution in [3.05, 3.63) is 35.8 Å². The second-order valence-electron chi connectivity index (χ2n) is 4.24. The van der Waals surface area contributed by atoms with Gasteiger partial charge in [-0.2, -0.15) is 21.6 Å². The SMILES string of the molecule is Cc1ncc(S(=O)(=O)Nc2ccc(N)cc2C(F)(F)F)[nH]1. The molecular weight excluding hydrogens is 309 g/mol. The third-order valence-electron chi connectivity index (χ3n) is 2.56. The van der Waals surface area contributed by atoms with Gasteiger partial charge in [0.1, 0.15) is 5.82 Å². The van der Waals surface area contributed by atoms with Gasteiger partial charge in [0.25, 0.3) is 10.0 Å². The van der Waals surface area contributed by atoms with Gasteiger partial charge in [-0.3, -0.25) is 4.72 Å². The number of nitrogens with one attached hydrogen (secondary N) is 2. The topological polar surface area (TPSA) is 101 Å². The highest BCUT2D eigenvalue weighted by Gasteiger charge is 2.35. The summed E-state index contributed by atoms with van der Waals surface area (Å²) in [6.45, 7) is 1.52. The minimum absolute atomic E-state index is 0.123. The zero-order chi connectivity index (χ0) is 15.8. The minimum atomic E-state index is -4.74. The maximum absolute atomic E-state index is 12.9. The van der Waals surface area contributed by atoms with Gasteiger partial charge >= 0.3 is 6.18 Å². The number of nitrogens with two attached hydrogens (primary N) is 1. The fraction of sp³-hybridized carbons (Fsp3) is 0.182. The molecule has 21 heavy (non-hydrogen) atoms. The van der Waals surface area contributed by atoms with Gasteiger partial charge in [-0.15, -0.1) is 0 Å². The van der Waals surface area contributed by atoms with Gasteiger partial charge in [0.2, 0.25) is 0 Å². The lowest BCUT2D eigenvalue weighted by atomic mass is 10.1. The van der Waals surface area contributed by atoms with Gasteiger partial charge in [-0.25, -0.2) is 4.98 Å². The van der Waals surface area contributed by atoms with Gasteiger partial charge < -0.3 is 10.7 Å². The van der Waals surface area contributed by atoms with E-state index in [1.807, 2.05) is 4.72 Å². The first kappa shape index (κ1) is 15.2. The monoisotopic (exact) mass is 320 g/mol. The molecule has 1 aromatic carbocycles. The number of imidazole rings is 1. The van der Waals surface area contributed by atoms with E-state index in [4.69, 9.17) is 5.73 Å². The third kappa shape index (κ3) is 3.27. The Bertz CT molecular complexity index is 768. The van der Waals surface area contributed by atoms with Crippen LogP contribution in [0.5, 0.6) is 0 Å². The zero-order valence-electron chi connectivity index (χ0n) is 10.7. The number of halogens is 3. The first-order valence-electron chi connectivity index (χ1n) is 5.61. The normalized spacial score (nSPS) is 12.4. The molecule has 0 saturated heterocycles. The van der Waals surface area contributed by atoms with Crippen LogP contribution in [0.2, 0.25) is 0 Å². The summed E-state index contributed by atoms with van der Waals surface area (Å²) in [4.78, 5) is 6.13. The summed E-state index contributed by atoms with van der Waals surface area (Å²) in [5.41, 5.74) is 3.41. The molecule has 1 aromatic heterocycles. The molecule has 0 aliphatic rings. The lowest BCUT2D eigenvalue weighted by molar-refractivity contribution is -0.136. The maximum Gasteiger partial charge on any atom is 0.418 e. The maximum atomic E-state index is 12.9. The zero-order valence-corrected chi connectivity index (χ0v) is 11.5. The van der Waals surface area contributed by atoms with Gasteiger partial charge in [-0.05, 0) is 25.1 Å². The number of sulfonamides is 1. The van der Waals surface area contributed by atoms with Crippen molar-refractivity contribution in [2.45, 2.75) is 18.1 Å². The highest BCUT2D eigenvalue weighted by atomic mass is 32.2. The number of benzene rings is 1. The highest BCUT2D eigenvalue weighted by Crippen LogP contribution is 2.36. The number of nitrogen functional groups attached to an aromatic ring is 1. The van der Waals surface area contributed by atoms with Crippen LogP contribution < -0.4 is 10.5 Å². The lowest BCUT2D eigenvalue weighted by Gasteiger charge is -2.14. The molecule has 2 rings (SSSR count). The average molecular weight is 320 g/mol. The van der Waals surface area contributed by atoms with Crippen LogP contribution in [0.3, 0.4) is 0 Å². The molecule has 0 unspecified atom stereocenters. The molecule has 0 saturated carbocycles. The Kier molecular flexibility index (Phi) is 3.58. The molecule has 0 fully saturated rings. The number of aromatic nitrogens is 2. The van der Waals surface area contributed by atoms with Gasteiger partial charge in [0, 0.05) is 5.69 Å². The Morgan fingerprint density at radius 1 is 1.33 bits per heavy atom. The Morgan fingerprint density at radius 2 is 2.00 bits per heavy atom. The van der Waals surface area contributed by atoms with Crippen molar-refractivity contribution in [2.24, 2.45) is 0 Å². The number of alkyl halides is 3. The Morgan fingerprint density at radius 3 is 2.52 bits per heavy atom. The molecule has 6 nitrogen and oxygen atoms in total. The van der Waals surface area contributed by atoms with Crippen LogP contribution in [-0.2, 0) is 16.2 Å². The second kappa shape index (κ2) is 4.95. The van der Waals surface area contributed by atoms with Crippen molar-refractivity contribution < 1.29 is 21.6 Å². The van der Waals surface area contributed by atoms with Crippen molar-refractivity contribution in [2.75, 3.05) is 10.5 Å². The predicted molar refractivity (Wildman–Crippen MR) is 70.0 cm³/mol. The van der Waals surface area contributed by atoms with E-state index in [2.05, 4.69) is 9.97 Å². The van der Waals surface area contributed by atoms with Crippen LogP contribution in [0.1, 0.15) is 11.4 Å². The summed E-state index contributed by atoms with van der Waals surface area (Å²) in [5, 5.41) is -0.329. The molecule has 1 heterocycles. The van der Waals surface area contributed by atoms with Crippen LogP contribution in [0.25, 0.3) is 0 Å². The number of nitrogens with zero attached hydrogens (tertiary/aromatic N) is 1. The van der Waals surface area contributed by atoms with E-state index >= 15 is 0 Å². The number of anilines is 2. The molecule has 0 aliphatic carbocycles. The third-order valence-corrected chi connectivity index (χ3v) is 3.84. The number of hydrogen-bond acceptors (Lipinski definition) is 4. The molecule has 0 spiro atoms. The summed E-state index contributed by atoms with van der Waals surface area (Å²) in [6, 6.07) is 2.79. The summed E-state index contributed by atoms with van der Waals surface area (Å²) in [6.07, 6.45) is -3.72. The van der Waals surface area contributed by atoms with Gasteiger partial charge in [0.15, 0.2) is 5.03 Å². The quantitative estimate of drug-likeness (QED) is 0.754. The number of H-pyrrole nitrogens is 1. The fourth-order valence-corrected chi connectivity index (χ4v) is 2.67. The second-order valence-corrected chi connectivity index (χ2v) is 5.89. The Balaban J connectivity index is 2.45. The standard InChI is InChI=1S/C11H11F3N4O2S/c1-6-16-5-10(17-6)21(19,20)18-9-3-2-7(15)4-8(9)11(12,13)14/h2-5,18H,15H2,1H3,(H,16,17). The first-order chi connectivity index (χ1) is 9.59. The molecule has 0 atom stereocenters. The van der Waals surface area contributed by atoms with Crippen molar-refractivity contribution in [1.82, 2.24) is 9.97 Å². The number of aryl methyl sites for hydroxylation is 1. The molecule has 114 valence electrons. The van der Waals surface area contributed by atoms with Crippen LogP contribution in [0.15, 0.2) is 29.4 Å². The molecule has 0 bridgehead atoms. The Labute approximate surface area is 118 Å². The number of hydrogen-bond donors (Lipinski definition) is 3. The predicted octanol–water partition coefficient (Wildman–Crippen LogP) is 2.12. The minimum Gasteiger partial charge on any atom is -0.399 e. The summed E-state index contributed by atoms with van der Waals surface area (Å²) >= 11 is 0. The lowest BCUT2D eigenvalue weighted by Crippen LogP contribution is -2.17. The smallest absolute Gasteiger partial charge is 0.399 e. The van der Waals surface area contributed by atoms with Crippen molar-refractivity contribution >= 4 is 21.4 Å². The van der Waals surface area contributed by atoms with E-state index in [0.717, 1.165) is 12.3 Å². The highest BCUT2D eigenvalue weighted by molar-refractivity contribution is 7.92. The van der Waals surface area contributed by atoms with Crippen LogP contribution in [0.4, 0.5) is 24.5 Å². The average Bonchev–Trinajstić information content (AvgIpc) is 2.77. The summed E-state index contributed by atoms with van der Waals surface area (Å²) in [7, 11) is -4.20. The molecular formula is C11H11F3N4O2S. The van der Waals surface area contributed by atoms with Crippen LogP contribution in [-0.4, -0.2) is 18.4 Å².